The van der Waals surface area contributed by atoms with E-state index in [9.17, 15) is 9.59 Å². The van der Waals surface area contributed by atoms with Gasteiger partial charge >= 0.3 is 0 Å². The van der Waals surface area contributed by atoms with E-state index in [4.69, 9.17) is 0 Å². The molecule has 0 aliphatic carbocycles. The molecule has 0 heterocycles. The topological polar surface area (TPSA) is 49.4 Å². The highest BCUT2D eigenvalue weighted by atomic mass is 16.2. The van der Waals surface area contributed by atoms with Crippen LogP contribution in [0.1, 0.15) is 29.8 Å². The van der Waals surface area contributed by atoms with Crippen LogP contribution in [-0.2, 0) is 4.79 Å². The Kier molecular flexibility index (Phi) is 5.97. The second-order valence-electron chi connectivity index (χ2n) is 5.15. The van der Waals surface area contributed by atoms with Crippen LogP contribution in [0.5, 0.6) is 0 Å². The van der Waals surface area contributed by atoms with Crippen molar-refractivity contribution < 1.29 is 9.59 Å². The molecule has 1 aromatic carbocycles. The largest absolute Gasteiger partial charge is 0.355 e. The summed E-state index contributed by atoms with van der Waals surface area (Å²) in [6.07, 6.45) is 3.31. The predicted octanol–water partition coefficient (Wildman–Crippen LogP) is 2.17. The van der Waals surface area contributed by atoms with Crippen molar-refractivity contribution in [2.75, 3.05) is 20.6 Å². The predicted molar refractivity (Wildman–Crippen MR) is 81.3 cm³/mol. The maximum Gasteiger partial charge on any atom is 0.251 e. The first kappa shape index (κ1) is 16.0. The Hall–Kier alpha value is -2.10. The van der Waals surface area contributed by atoms with Crippen LogP contribution in [0.15, 0.2) is 30.3 Å². The molecule has 4 nitrogen and oxygen atoms in total. The van der Waals surface area contributed by atoms with Crippen molar-refractivity contribution in [2.45, 2.75) is 13.8 Å². The van der Waals surface area contributed by atoms with Crippen LogP contribution in [0.25, 0.3) is 6.08 Å². The number of likely N-dealkylation sites (N-methyl/N-ethyl adjacent to an activating group) is 1. The van der Waals surface area contributed by atoms with Crippen LogP contribution in [0.2, 0.25) is 0 Å². The molecule has 0 saturated heterocycles. The highest BCUT2D eigenvalue weighted by Gasteiger charge is 2.06. The fourth-order valence-corrected chi connectivity index (χ4v) is 1.82. The summed E-state index contributed by atoms with van der Waals surface area (Å²) < 4.78 is 0. The van der Waals surface area contributed by atoms with Crippen LogP contribution in [0.4, 0.5) is 0 Å². The van der Waals surface area contributed by atoms with Crippen LogP contribution in [-0.4, -0.2) is 37.4 Å². The Morgan fingerprint density at radius 3 is 2.35 bits per heavy atom. The molecule has 108 valence electrons. The smallest absolute Gasteiger partial charge is 0.251 e. The number of carbonyl (C=O) groups excluding carboxylic acids is 2. The van der Waals surface area contributed by atoms with Crippen LogP contribution in [0, 0.1) is 5.92 Å². The van der Waals surface area contributed by atoms with Crippen LogP contribution < -0.4 is 5.32 Å². The summed E-state index contributed by atoms with van der Waals surface area (Å²) in [6.45, 7) is 4.88. The fourth-order valence-electron chi connectivity index (χ4n) is 1.82. The molecule has 0 aromatic heterocycles. The van der Waals surface area contributed by atoms with E-state index in [0.29, 0.717) is 11.5 Å². The van der Waals surface area contributed by atoms with Crippen molar-refractivity contribution >= 4 is 17.9 Å². The van der Waals surface area contributed by atoms with Crippen LogP contribution in [0.3, 0.4) is 0 Å². The number of benzene rings is 1. The van der Waals surface area contributed by atoms with Gasteiger partial charge in [0.1, 0.15) is 0 Å². The van der Waals surface area contributed by atoms with Crippen molar-refractivity contribution in [3.05, 3.63) is 41.5 Å². The van der Waals surface area contributed by atoms with Crippen molar-refractivity contribution in [2.24, 2.45) is 5.92 Å². The first-order chi connectivity index (χ1) is 9.43. The number of carbonyl (C=O) groups is 2. The second kappa shape index (κ2) is 7.48. The zero-order valence-electron chi connectivity index (χ0n) is 12.5. The molecule has 0 saturated carbocycles. The third-order valence-electron chi connectivity index (χ3n) is 2.83. The normalized spacial score (nSPS) is 10.8. The van der Waals surface area contributed by atoms with Gasteiger partial charge in [0.2, 0.25) is 5.91 Å². The van der Waals surface area contributed by atoms with Gasteiger partial charge in [-0.2, -0.15) is 0 Å². The molecule has 0 unspecified atom stereocenters. The quantitative estimate of drug-likeness (QED) is 0.837. The maximum atomic E-state index is 11.8. The highest BCUT2D eigenvalue weighted by Crippen LogP contribution is 2.07. The Balaban J connectivity index is 2.66. The molecule has 2 amide bonds. The summed E-state index contributed by atoms with van der Waals surface area (Å²) >= 11 is 0. The summed E-state index contributed by atoms with van der Waals surface area (Å²) in [4.78, 5) is 24.9. The minimum absolute atomic E-state index is 0.0194. The minimum Gasteiger partial charge on any atom is -0.355 e. The van der Waals surface area contributed by atoms with E-state index in [1.54, 1.807) is 43.3 Å². The lowest BCUT2D eigenvalue weighted by Crippen LogP contribution is -2.28. The number of nitrogens with one attached hydrogen (secondary N) is 1. The van der Waals surface area contributed by atoms with E-state index in [0.717, 1.165) is 12.1 Å². The third-order valence-corrected chi connectivity index (χ3v) is 2.83. The maximum absolute atomic E-state index is 11.8. The van der Waals surface area contributed by atoms with Gasteiger partial charge in [-0.05, 0) is 29.7 Å². The third kappa shape index (κ3) is 4.88. The van der Waals surface area contributed by atoms with Gasteiger partial charge in [0.25, 0.3) is 5.91 Å². The zero-order chi connectivity index (χ0) is 15.1. The van der Waals surface area contributed by atoms with E-state index in [1.807, 2.05) is 12.1 Å². The van der Waals surface area contributed by atoms with E-state index in [2.05, 4.69) is 19.2 Å². The second-order valence-corrected chi connectivity index (χ2v) is 5.15. The lowest BCUT2D eigenvalue weighted by molar-refractivity contribution is -0.125. The van der Waals surface area contributed by atoms with E-state index in [-0.39, 0.29) is 11.8 Å². The van der Waals surface area contributed by atoms with Gasteiger partial charge in [-0.25, -0.2) is 0 Å². The summed E-state index contributed by atoms with van der Waals surface area (Å²) in [5.41, 5.74) is 1.50. The average molecular weight is 274 g/mol. The van der Waals surface area contributed by atoms with Gasteiger partial charge in [-0.1, -0.05) is 26.0 Å². The summed E-state index contributed by atoms with van der Waals surface area (Å²) in [5, 5.41) is 2.57. The fraction of sp³-hybridized carbons (Fsp3) is 0.375. The minimum atomic E-state index is -0.117. The first-order valence-corrected chi connectivity index (χ1v) is 6.69. The van der Waals surface area contributed by atoms with Crippen LogP contribution >= 0.6 is 0 Å². The molecule has 0 aliphatic heterocycles. The number of hydrogen-bond acceptors (Lipinski definition) is 2. The zero-order valence-corrected chi connectivity index (χ0v) is 12.5. The molecule has 20 heavy (non-hydrogen) atoms. The number of hydrogen-bond donors (Lipinski definition) is 1. The molecule has 1 aromatic rings. The average Bonchev–Trinajstić information content (AvgIpc) is 2.43. The van der Waals surface area contributed by atoms with Gasteiger partial charge < -0.3 is 10.2 Å². The van der Waals surface area contributed by atoms with Gasteiger partial charge in [0.15, 0.2) is 0 Å². The lowest BCUT2D eigenvalue weighted by atomic mass is 10.1. The lowest BCUT2D eigenvalue weighted by Gasteiger charge is -2.17. The molecule has 0 bridgehead atoms. The molecule has 1 rings (SSSR count). The molecule has 0 atom stereocenters. The SMILES string of the molecule is CNC(=O)c1ccc(/C=C/C(=O)N(C)CC(C)C)cc1. The van der Waals surface area contributed by atoms with Crippen molar-refractivity contribution in [3.63, 3.8) is 0 Å². The summed E-state index contributed by atoms with van der Waals surface area (Å²) in [6, 6.07) is 7.11. The van der Waals surface area contributed by atoms with Gasteiger partial charge in [-0.3, -0.25) is 9.59 Å². The molecule has 0 fully saturated rings. The molecular weight excluding hydrogens is 252 g/mol. The molecule has 4 heteroatoms. The Morgan fingerprint density at radius 2 is 1.85 bits per heavy atom. The Bertz CT molecular complexity index is 490. The van der Waals surface area contributed by atoms with E-state index < -0.39 is 0 Å². The standard InChI is InChI=1S/C16H22N2O2/c1-12(2)11-18(4)15(19)10-7-13-5-8-14(9-6-13)16(20)17-3/h5-10,12H,11H2,1-4H3,(H,17,20)/b10-7+. The monoisotopic (exact) mass is 274 g/mol. The summed E-state index contributed by atoms with van der Waals surface area (Å²) in [7, 11) is 3.39. The Labute approximate surface area is 120 Å². The highest BCUT2D eigenvalue weighted by molar-refractivity contribution is 5.94. The molecular formula is C16H22N2O2. The van der Waals surface area contributed by atoms with Gasteiger partial charge in [0.05, 0.1) is 0 Å². The molecule has 0 aliphatic rings. The number of rotatable bonds is 5. The number of nitrogens with zero attached hydrogens (tertiary/aromatic N) is 1. The van der Waals surface area contributed by atoms with Crippen molar-refractivity contribution in [3.8, 4) is 0 Å². The summed E-state index contributed by atoms with van der Waals surface area (Å²) in [5.74, 6) is 0.312. The molecule has 0 spiro atoms. The first-order valence-electron chi connectivity index (χ1n) is 6.69. The van der Waals surface area contributed by atoms with Gasteiger partial charge in [0, 0.05) is 32.3 Å². The van der Waals surface area contributed by atoms with E-state index in [1.165, 1.54) is 0 Å². The Morgan fingerprint density at radius 1 is 1.25 bits per heavy atom. The molecule has 0 radical (unpaired) electrons. The van der Waals surface area contributed by atoms with Gasteiger partial charge in [-0.15, -0.1) is 0 Å². The van der Waals surface area contributed by atoms with Crippen molar-refractivity contribution in [1.29, 1.82) is 0 Å². The van der Waals surface area contributed by atoms with Crippen molar-refractivity contribution in [1.82, 2.24) is 10.2 Å². The molecule has 1 N–H and O–H groups in total. The number of amides is 2. The van der Waals surface area contributed by atoms with E-state index >= 15 is 0 Å².